The fourth-order valence-corrected chi connectivity index (χ4v) is 1.99. The van der Waals surface area contributed by atoms with Crippen molar-refractivity contribution in [2.75, 3.05) is 0 Å². The van der Waals surface area contributed by atoms with Crippen molar-refractivity contribution in [2.24, 2.45) is 5.73 Å². The van der Waals surface area contributed by atoms with Crippen molar-refractivity contribution in [3.8, 4) is 11.4 Å². The first-order valence-electron chi connectivity index (χ1n) is 6.15. The molecule has 0 aliphatic rings. The lowest BCUT2D eigenvalue weighted by Crippen LogP contribution is -2.10. The number of halogens is 1. The van der Waals surface area contributed by atoms with Crippen LogP contribution in [-0.2, 0) is 13.1 Å². The molecule has 0 saturated heterocycles. The number of benzene rings is 1. The number of nitro benzene ring substituents is 1. The van der Waals surface area contributed by atoms with Gasteiger partial charge in [0, 0.05) is 6.54 Å². The van der Waals surface area contributed by atoms with E-state index in [0.717, 1.165) is 18.6 Å². The third kappa shape index (κ3) is 2.50. The maximum Gasteiger partial charge on any atom is 0.283 e. The molecule has 0 aliphatic heterocycles. The van der Waals surface area contributed by atoms with Gasteiger partial charge in [-0.1, -0.05) is 6.92 Å². The first kappa shape index (κ1) is 14.1. The minimum atomic E-state index is -0.666. The number of nitro groups is 1. The van der Waals surface area contributed by atoms with Crippen molar-refractivity contribution in [1.82, 2.24) is 14.8 Å². The lowest BCUT2D eigenvalue weighted by atomic mass is 10.1. The van der Waals surface area contributed by atoms with Crippen LogP contribution in [-0.4, -0.2) is 19.7 Å². The van der Waals surface area contributed by atoms with Gasteiger partial charge in [0.2, 0.25) is 0 Å². The van der Waals surface area contributed by atoms with Crippen molar-refractivity contribution < 1.29 is 9.31 Å². The van der Waals surface area contributed by atoms with Crippen LogP contribution in [0.1, 0.15) is 19.2 Å². The minimum absolute atomic E-state index is 0.183. The molecule has 1 aromatic carbocycles. The molecule has 2 aromatic rings. The Hall–Kier alpha value is -2.35. The van der Waals surface area contributed by atoms with Gasteiger partial charge in [0.05, 0.1) is 23.1 Å². The van der Waals surface area contributed by atoms with Crippen LogP contribution in [0.15, 0.2) is 18.2 Å². The van der Waals surface area contributed by atoms with Crippen LogP contribution in [0.3, 0.4) is 0 Å². The molecule has 0 saturated carbocycles. The molecule has 1 heterocycles. The molecule has 20 heavy (non-hydrogen) atoms. The first-order valence-corrected chi connectivity index (χ1v) is 6.15. The molecule has 0 radical (unpaired) electrons. The van der Waals surface area contributed by atoms with Crippen LogP contribution in [0.2, 0.25) is 0 Å². The summed E-state index contributed by atoms with van der Waals surface area (Å²) in [5.74, 6) is 0.209. The Bertz CT molecular complexity index is 641. The number of hydrogen-bond acceptors (Lipinski definition) is 5. The standard InChI is InChI=1S/C12H14FN5O2/c1-2-5-17-11(7-14)15-16-12(17)9-4-3-8(13)6-10(9)18(19)20/h3-4,6H,2,5,7,14H2,1H3. The van der Waals surface area contributed by atoms with E-state index >= 15 is 0 Å². The summed E-state index contributed by atoms with van der Waals surface area (Å²) < 4.78 is 14.9. The summed E-state index contributed by atoms with van der Waals surface area (Å²) in [5, 5.41) is 18.9. The Morgan fingerprint density at radius 2 is 2.20 bits per heavy atom. The largest absolute Gasteiger partial charge is 0.324 e. The lowest BCUT2D eigenvalue weighted by molar-refractivity contribution is -0.384. The molecule has 0 atom stereocenters. The molecule has 8 heteroatoms. The van der Waals surface area contributed by atoms with Crippen molar-refractivity contribution in [2.45, 2.75) is 26.4 Å². The molecular weight excluding hydrogens is 265 g/mol. The summed E-state index contributed by atoms with van der Waals surface area (Å²) in [6, 6.07) is 3.38. The maximum atomic E-state index is 13.2. The molecule has 106 valence electrons. The average Bonchev–Trinajstić information content (AvgIpc) is 2.82. The fourth-order valence-electron chi connectivity index (χ4n) is 1.99. The van der Waals surface area contributed by atoms with E-state index in [1.165, 1.54) is 6.07 Å². The number of aromatic nitrogens is 3. The Labute approximate surface area is 114 Å². The van der Waals surface area contributed by atoms with Crippen molar-refractivity contribution in [3.63, 3.8) is 0 Å². The van der Waals surface area contributed by atoms with Gasteiger partial charge in [-0.05, 0) is 18.6 Å². The average molecular weight is 279 g/mol. The third-order valence-electron chi connectivity index (χ3n) is 2.85. The van der Waals surface area contributed by atoms with Gasteiger partial charge in [-0.3, -0.25) is 10.1 Å². The van der Waals surface area contributed by atoms with Gasteiger partial charge in [0.25, 0.3) is 5.69 Å². The molecule has 7 nitrogen and oxygen atoms in total. The highest BCUT2D eigenvalue weighted by molar-refractivity contribution is 5.68. The van der Waals surface area contributed by atoms with Gasteiger partial charge >= 0.3 is 0 Å². The van der Waals surface area contributed by atoms with Crippen LogP contribution in [0.4, 0.5) is 10.1 Å². The Balaban J connectivity index is 2.62. The predicted octanol–water partition coefficient (Wildman–Crippen LogP) is 1.86. The second kappa shape index (κ2) is 5.74. The van der Waals surface area contributed by atoms with E-state index in [4.69, 9.17) is 5.73 Å². The van der Waals surface area contributed by atoms with E-state index < -0.39 is 10.7 Å². The molecule has 0 aliphatic carbocycles. The van der Waals surface area contributed by atoms with Gasteiger partial charge in [0.1, 0.15) is 11.6 Å². The molecule has 1 aromatic heterocycles. The van der Waals surface area contributed by atoms with Crippen molar-refractivity contribution >= 4 is 5.69 Å². The van der Waals surface area contributed by atoms with E-state index in [0.29, 0.717) is 18.2 Å². The second-order valence-corrected chi connectivity index (χ2v) is 4.21. The summed E-state index contributed by atoms with van der Waals surface area (Å²) in [6.07, 6.45) is 0.799. The Kier molecular flexibility index (Phi) is 4.04. The molecule has 0 fully saturated rings. The fraction of sp³-hybridized carbons (Fsp3) is 0.333. The summed E-state index contributed by atoms with van der Waals surface area (Å²) in [4.78, 5) is 10.4. The zero-order valence-corrected chi connectivity index (χ0v) is 10.9. The zero-order valence-electron chi connectivity index (χ0n) is 10.9. The zero-order chi connectivity index (χ0) is 14.7. The molecule has 2 rings (SSSR count). The van der Waals surface area contributed by atoms with Crippen LogP contribution in [0.5, 0.6) is 0 Å². The summed E-state index contributed by atoms with van der Waals surface area (Å²) in [5.41, 5.74) is 5.48. The summed E-state index contributed by atoms with van der Waals surface area (Å²) in [6.45, 7) is 2.73. The quantitative estimate of drug-likeness (QED) is 0.665. The van der Waals surface area contributed by atoms with Crippen LogP contribution in [0.25, 0.3) is 11.4 Å². The van der Waals surface area contributed by atoms with Gasteiger partial charge in [0.15, 0.2) is 5.82 Å². The smallest absolute Gasteiger partial charge is 0.283 e. The maximum absolute atomic E-state index is 13.2. The SMILES string of the molecule is CCCn1c(CN)nnc1-c1ccc(F)cc1[N+](=O)[O-]. The molecule has 0 spiro atoms. The molecule has 0 bridgehead atoms. The van der Waals surface area contributed by atoms with E-state index in [9.17, 15) is 14.5 Å². The highest BCUT2D eigenvalue weighted by atomic mass is 19.1. The van der Waals surface area contributed by atoms with E-state index in [-0.39, 0.29) is 17.8 Å². The van der Waals surface area contributed by atoms with Crippen molar-refractivity contribution in [3.05, 3.63) is 40.0 Å². The Morgan fingerprint density at radius 1 is 1.45 bits per heavy atom. The van der Waals surface area contributed by atoms with Crippen LogP contribution in [0, 0.1) is 15.9 Å². The predicted molar refractivity (Wildman–Crippen MR) is 70.3 cm³/mol. The molecule has 0 amide bonds. The van der Waals surface area contributed by atoms with Gasteiger partial charge in [-0.2, -0.15) is 0 Å². The lowest BCUT2D eigenvalue weighted by Gasteiger charge is -2.08. The molecule has 2 N–H and O–H groups in total. The number of nitrogens with zero attached hydrogens (tertiary/aromatic N) is 4. The topological polar surface area (TPSA) is 99.9 Å². The van der Waals surface area contributed by atoms with Gasteiger partial charge in [-0.25, -0.2) is 4.39 Å². The Morgan fingerprint density at radius 3 is 2.80 bits per heavy atom. The van der Waals surface area contributed by atoms with Crippen LogP contribution < -0.4 is 5.73 Å². The highest BCUT2D eigenvalue weighted by Crippen LogP contribution is 2.29. The van der Waals surface area contributed by atoms with Crippen molar-refractivity contribution in [1.29, 1.82) is 0 Å². The first-order chi connectivity index (χ1) is 9.58. The highest BCUT2D eigenvalue weighted by Gasteiger charge is 2.22. The van der Waals surface area contributed by atoms with E-state index in [1.807, 2.05) is 6.92 Å². The monoisotopic (exact) mass is 279 g/mol. The normalized spacial score (nSPS) is 10.8. The van der Waals surface area contributed by atoms with Crippen LogP contribution >= 0.6 is 0 Å². The summed E-state index contributed by atoms with van der Waals surface area (Å²) in [7, 11) is 0. The number of nitrogens with two attached hydrogens (primary N) is 1. The number of rotatable bonds is 5. The number of hydrogen-bond donors (Lipinski definition) is 1. The van der Waals surface area contributed by atoms with E-state index in [2.05, 4.69) is 10.2 Å². The minimum Gasteiger partial charge on any atom is -0.324 e. The van der Waals surface area contributed by atoms with E-state index in [1.54, 1.807) is 4.57 Å². The summed E-state index contributed by atoms with van der Waals surface area (Å²) >= 11 is 0. The van der Waals surface area contributed by atoms with Gasteiger partial charge < -0.3 is 10.3 Å². The third-order valence-corrected chi connectivity index (χ3v) is 2.85. The second-order valence-electron chi connectivity index (χ2n) is 4.21. The molecular formula is C12H14FN5O2. The van der Waals surface area contributed by atoms with Gasteiger partial charge in [-0.15, -0.1) is 10.2 Å². The molecule has 0 unspecified atom stereocenters.